The molecular weight excluding hydrogens is 446 g/mol. The Morgan fingerprint density at radius 2 is 0.886 bits per heavy atom. The SMILES string of the molecule is CCCCCCCCCCCC/C=C/CC[N+](CCCC(=O)O)(CCCC(=O)O)CCCC(=O)O. The minimum absolute atomic E-state index is 0.0758. The Labute approximate surface area is 213 Å². The Hall–Kier alpha value is -1.89. The number of hydrogen-bond donors (Lipinski definition) is 3. The summed E-state index contributed by atoms with van der Waals surface area (Å²) < 4.78 is 0.594. The van der Waals surface area contributed by atoms with E-state index in [1.807, 2.05) is 0 Å². The van der Waals surface area contributed by atoms with E-state index >= 15 is 0 Å². The number of hydrogen-bond acceptors (Lipinski definition) is 3. The molecule has 0 aliphatic carbocycles. The average molecular weight is 499 g/mol. The largest absolute Gasteiger partial charge is 0.481 e. The smallest absolute Gasteiger partial charge is 0.303 e. The molecular formula is C28H52NO6+. The highest BCUT2D eigenvalue weighted by Gasteiger charge is 2.27. The lowest BCUT2D eigenvalue weighted by atomic mass is 10.1. The number of allylic oxidation sites excluding steroid dienone is 1. The van der Waals surface area contributed by atoms with Gasteiger partial charge in [0.15, 0.2) is 0 Å². The summed E-state index contributed by atoms with van der Waals surface area (Å²) in [6, 6.07) is 0. The normalized spacial score (nSPS) is 11.8. The van der Waals surface area contributed by atoms with Gasteiger partial charge in [-0.2, -0.15) is 0 Å². The molecule has 7 nitrogen and oxygen atoms in total. The van der Waals surface area contributed by atoms with Crippen LogP contribution in [-0.4, -0.2) is 63.9 Å². The first-order chi connectivity index (χ1) is 16.8. The predicted octanol–water partition coefficient (Wildman–Crippen LogP) is 6.65. The van der Waals surface area contributed by atoms with Gasteiger partial charge in [-0.05, 0) is 12.8 Å². The van der Waals surface area contributed by atoms with Crippen molar-refractivity contribution < 1.29 is 34.2 Å². The van der Waals surface area contributed by atoms with Crippen molar-refractivity contribution in [2.45, 2.75) is 122 Å². The van der Waals surface area contributed by atoms with Crippen molar-refractivity contribution in [1.82, 2.24) is 0 Å². The molecule has 0 bridgehead atoms. The van der Waals surface area contributed by atoms with Crippen LogP contribution >= 0.6 is 0 Å². The van der Waals surface area contributed by atoms with E-state index in [4.69, 9.17) is 15.3 Å². The summed E-state index contributed by atoms with van der Waals surface area (Å²) in [5.74, 6) is -2.51. The van der Waals surface area contributed by atoms with Crippen LogP contribution < -0.4 is 0 Å². The van der Waals surface area contributed by atoms with Gasteiger partial charge in [0.2, 0.25) is 0 Å². The van der Waals surface area contributed by atoms with Crippen LogP contribution in [0.2, 0.25) is 0 Å². The molecule has 0 spiro atoms. The zero-order valence-electron chi connectivity index (χ0n) is 22.2. The fraction of sp³-hybridized carbons (Fsp3) is 0.821. The van der Waals surface area contributed by atoms with Crippen LogP contribution in [0.25, 0.3) is 0 Å². The standard InChI is InChI=1S/C28H51NO6/c1-2-3-4-5-6-7-8-9-10-11-12-13-14-15-22-29(23-16-19-26(30)31,24-17-20-27(32)33)25-18-21-28(34)35/h13-14H,2-12,15-25H2,1H3,(H2-,30,31,32,33,34,35)/p+1/b14-13+. The van der Waals surface area contributed by atoms with Gasteiger partial charge in [0, 0.05) is 25.7 Å². The van der Waals surface area contributed by atoms with Crippen molar-refractivity contribution in [2.24, 2.45) is 0 Å². The summed E-state index contributed by atoms with van der Waals surface area (Å²) in [6.07, 6.45) is 21.3. The number of nitrogens with zero attached hydrogens (tertiary/aromatic N) is 1. The lowest BCUT2D eigenvalue weighted by Crippen LogP contribution is -2.51. The maximum absolute atomic E-state index is 11.0. The van der Waals surface area contributed by atoms with Crippen molar-refractivity contribution in [1.29, 1.82) is 0 Å². The number of quaternary nitrogens is 1. The van der Waals surface area contributed by atoms with Gasteiger partial charge in [-0.3, -0.25) is 14.4 Å². The zero-order valence-corrected chi connectivity index (χ0v) is 22.2. The number of carboxylic acids is 3. The molecule has 0 aromatic heterocycles. The monoisotopic (exact) mass is 498 g/mol. The summed E-state index contributed by atoms with van der Waals surface area (Å²) in [4.78, 5) is 33.0. The number of carbonyl (C=O) groups is 3. The average Bonchev–Trinajstić information content (AvgIpc) is 2.78. The molecule has 0 heterocycles. The second kappa shape index (κ2) is 22.6. The van der Waals surface area contributed by atoms with Gasteiger partial charge in [-0.15, -0.1) is 0 Å². The first-order valence-corrected chi connectivity index (χ1v) is 14.0. The van der Waals surface area contributed by atoms with Gasteiger partial charge in [0.1, 0.15) is 0 Å². The van der Waals surface area contributed by atoms with Crippen LogP contribution in [0.3, 0.4) is 0 Å². The first kappa shape index (κ1) is 33.1. The molecule has 0 amide bonds. The van der Waals surface area contributed by atoms with Crippen molar-refractivity contribution in [3.8, 4) is 0 Å². The second-order valence-corrected chi connectivity index (χ2v) is 9.96. The fourth-order valence-electron chi connectivity index (χ4n) is 4.70. The van der Waals surface area contributed by atoms with Crippen LogP contribution in [0.5, 0.6) is 0 Å². The lowest BCUT2D eigenvalue weighted by Gasteiger charge is -2.39. The molecule has 35 heavy (non-hydrogen) atoms. The number of carboxylic acid groups (broad SMARTS) is 3. The van der Waals surface area contributed by atoms with E-state index in [2.05, 4.69) is 19.1 Å². The molecule has 204 valence electrons. The van der Waals surface area contributed by atoms with Crippen LogP contribution in [-0.2, 0) is 14.4 Å². The Bertz CT molecular complexity index is 540. The molecule has 0 aromatic carbocycles. The summed E-state index contributed by atoms with van der Waals surface area (Å²) in [5.41, 5.74) is 0. The lowest BCUT2D eigenvalue weighted by molar-refractivity contribution is -0.928. The highest BCUT2D eigenvalue weighted by Crippen LogP contribution is 2.17. The third kappa shape index (κ3) is 22.3. The van der Waals surface area contributed by atoms with Crippen LogP contribution in [0.4, 0.5) is 0 Å². The van der Waals surface area contributed by atoms with Gasteiger partial charge >= 0.3 is 17.9 Å². The molecule has 0 saturated heterocycles. The van der Waals surface area contributed by atoms with E-state index in [-0.39, 0.29) is 19.3 Å². The first-order valence-electron chi connectivity index (χ1n) is 14.0. The minimum Gasteiger partial charge on any atom is -0.481 e. The van der Waals surface area contributed by atoms with Crippen LogP contribution in [0.15, 0.2) is 12.2 Å². The minimum atomic E-state index is -0.837. The van der Waals surface area contributed by atoms with E-state index in [9.17, 15) is 14.4 Å². The zero-order chi connectivity index (χ0) is 26.2. The van der Waals surface area contributed by atoms with Gasteiger partial charge in [0.05, 0.1) is 45.4 Å². The van der Waals surface area contributed by atoms with Crippen LogP contribution in [0.1, 0.15) is 122 Å². The van der Waals surface area contributed by atoms with Crippen molar-refractivity contribution in [3.05, 3.63) is 12.2 Å². The third-order valence-corrected chi connectivity index (χ3v) is 6.73. The molecule has 0 fully saturated rings. The predicted molar refractivity (Wildman–Crippen MR) is 141 cm³/mol. The molecule has 7 heteroatoms. The molecule has 0 aromatic rings. The maximum atomic E-state index is 11.0. The van der Waals surface area contributed by atoms with Crippen LogP contribution in [0, 0.1) is 0 Å². The molecule has 0 aliphatic heterocycles. The molecule has 3 N–H and O–H groups in total. The van der Waals surface area contributed by atoms with E-state index in [0.717, 1.165) is 19.4 Å². The van der Waals surface area contributed by atoms with Crippen molar-refractivity contribution in [2.75, 3.05) is 26.2 Å². The van der Waals surface area contributed by atoms with Gasteiger partial charge < -0.3 is 19.8 Å². The third-order valence-electron chi connectivity index (χ3n) is 6.73. The number of rotatable bonds is 26. The van der Waals surface area contributed by atoms with Crippen molar-refractivity contribution in [3.63, 3.8) is 0 Å². The number of aliphatic carboxylic acids is 3. The summed E-state index contributed by atoms with van der Waals surface area (Å²) in [7, 11) is 0. The Morgan fingerprint density at radius 3 is 1.29 bits per heavy atom. The van der Waals surface area contributed by atoms with Gasteiger partial charge in [-0.25, -0.2) is 0 Å². The quantitative estimate of drug-likeness (QED) is 0.0699. The summed E-state index contributed by atoms with van der Waals surface area (Å²) in [6.45, 7) is 4.94. The fourth-order valence-corrected chi connectivity index (χ4v) is 4.70. The topological polar surface area (TPSA) is 112 Å². The van der Waals surface area contributed by atoms with E-state index in [1.54, 1.807) is 0 Å². The molecule has 0 radical (unpaired) electrons. The molecule has 0 atom stereocenters. The van der Waals surface area contributed by atoms with E-state index < -0.39 is 17.9 Å². The van der Waals surface area contributed by atoms with Gasteiger partial charge in [0.25, 0.3) is 0 Å². The second-order valence-electron chi connectivity index (χ2n) is 9.96. The van der Waals surface area contributed by atoms with Gasteiger partial charge in [-0.1, -0.05) is 76.9 Å². The summed E-state index contributed by atoms with van der Waals surface area (Å²) >= 11 is 0. The molecule has 0 aliphatic rings. The Morgan fingerprint density at radius 1 is 0.514 bits per heavy atom. The van der Waals surface area contributed by atoms with Crippen molar-refractivity contribution >= 4 is 17.9 Å². The molecule has 0 unspecified atom stereocenters. The highest BCUT2D eigenvalue weighted by molar-refractivity contribution is 5.67. The molecule has 0 saturated carbocycles. The number of unbranched alkanes of at least 4 members (excludes halogenated alkanes) is 10. The summed E-state index contributed by atoms with van der Waals surface area (Å²) in [5, 5.41) is 27.1. The molecule has 0 rings (SSSR count). The van der Waals surface area contributed by atoms with E-state index in [1.165, 1.54) is 64.2 Å². The Balaban J connectivity index is 4.48. The highest BCUT2D eigenvalue weighted by atomic mass is 16.4. The van der Waals surface area contributed by atoms with E-state index in [0.29, 0.717) is 43.4 Å². The Kier molecular flexibility index (Phi) is 21.3. The maximum Gasteiger partial charge on any atom is 0.303 e.